The molecule has 0 aromatic carbocycles. The number of thiazole rings is 1. The number of nitrogens with two attached hydrogens (primary N) is 1. The largest absolute Gasteiger partial charge is 0.325 e. The van der Waals surface area contributed by atoms with E-state index in [0.29, 0.717) is 0 Å². The molecular formula is C12H20N2S. The molecule has 0 radical (unpaired) electrons. The van der Waals surface area contributed by atoms with Crippen molar-refractivity contribution >= 4 is 11.3 Å². The standard InChI is InChI=1S/C12H20N2S/c1-9-4-3-5-12(13,6-9)7-11-14-10(2)8-15-11/h8-9H,3-7,13H2,1-2H3. The summed E-state index contributed by atoms with van der Waals surface area (Å²) < 4.78 is 0. The molecule has 2 rings (SSSR count). The number of hydrogen-bond donors (Lipinski definition) is 1. The maximum Gasteiger partial charge on any atom is 0.0946 e. The summed E-state index contributed by atoms with van der Waals surface area (Å²) in [5, 5.41) is 3.33. The van der Waals surface area contributed by atoms with Crippen LogP contribution in [0.25, 0.3) is 0 Å². The molecule has 84 valence electrons. The highest BCUT2D eigenvalue weighted by atomic mass is 32.1. The Hall–Kier alpha value is -0.410. The molecule has 2 unspecified atom stereocenters. The monoisotopic (exact) mass is 224 g/mol. The Bertz CT molecular complexity index is 334. The second-order valence-electron chi connectivity index (χ2n) is 5.12. The van der Waals surface area contributed by atoms with E-state index < -0.39 is 0 Å². The summed E-state index contributed by atoms with van der Waals surface area (Å²) in [5.74, 6) is 0.782. The Morgan fingerprint density at radius 2 is 2.47 bits per heavy atom. The lowest BCUT2D eigenvalue weighted by molar-refractivity contribution is 0.235. The second kappa shape index (κ2) is 4.22. The van der Waals surface area contributed by atoms with Crippen molar-refractivity contribution in [2.75, 3.05) is 0 Å². The van der Waals surface area contributed by atoms with Crippen LogP contribution in [0.15, 0.2) is 5.38 Å². The lowest BCUT2D eigenvalue weighted by atomic mass is 9.75. The molecule has 0 saturated heterocycles. The van der Waals surface area contributed by atoms with Crippen LogP contribution >= 0.6 is 11.3 Å². The van der Waals surface area contributed by atoms with Gasteiger partial charge in [-0.3, -0.25) is 0 Å². The lowest BCUT2D eigenvalue weighted by Gasteiger charge is -2.36. The van der Waals surface area contributed by atoms with Gasteiger partial charge < -0.3 is 5.73 Å². The van der Waals surface area contributed by atoms with Crippen molar-refractivity contribution in [3.8, 4) is 0 Å². The summed E-state index contributed by atoms with van der Waals surface area (Å²) in [6, 6.07) is 0. The molecule has 1 aliphatic rings. The predicted molar refractivity (Wildman–Crippen MR) is 65.1 cm³/mol. The predicted octanol–water partition coefficient (Wildman–Crippen LogP) is 2.90. The molecule has 1 fully saturated rings. The lowest BCUT2D eigenvalue weighted by Crippen LogP contribution is -2.45. The van der Waals surface area contributed by atoms with Gasteiger partial charge >= 0.3 is 0 Å². The van der Waals surface area contributed by atoms with Gasteiger partial charge in [0.25, 0.3) is 0 Å². The van der Waals surface area contributed by atoms with E-state index in [1.165, 1.54) is 17.8 Å². The van der Waals surface area contributed by atoms with E-state index >= 15 is 0 Å². The molecule has 0 spiro atoms. The maximum absolute atomic E-state index is 6.46. The van der Waals surface area contributed by atoms with Gasteiger partial charge in [0.1, 0.15) is 0 Å². The van der Waals surface area contributed by atoms with Crippen molar-refractivity contribution in [2.24, 2.45) is 11.7 Å². The highest BCUT2D eigenvalue weighted by Gasteiger charge is 2.31. The van der Waals surface area contributed by atoms with Crippen LogP contribution in [0.3, 0.4) is 0 Å². The Morgan fingerprint density at radius 1 is 1.67 bits per heavy atom. The van der Waals surface area contributed by atoms with Gasteiger partial charge in [0.2, 0.25) is 0 Å². The third kappa shape index (κ3) is 2.79. The normalized spacial score (nSPS) is 31.8. The fourth-order valence-corrected chi connectivity index (χ4v) is 3.57. The van der Waals surface area contributed by atoms with E-state index in [-0.39, 0.29) is 5.54 Å². The molecule has 3 heteroatoms. The first kappa shape index (κ1) is 11.1. The minimum atomic E-state index is 0.0158. The maximum atomic E-state index is 6.46. The van der Waals surface area contributed by atoms with Gasteiger partial charge in [0, 0.05) is 23.0 Å². The first-order valence-corrected chi connectivity index (χ1v) is 6.65. The fraction of sp³-hybridized carbons (Fsp3) is 0.750. The third-order valence-electron chi connectivity index (χ3n) is 3.30. The van der Waals surface area contributed by atoms with E-state index in [1.54, 1.807) is 11.3 Å². The fourth-order valence-electron chi connectivity index (χ4n) is 2.65. The molecule has 2 N–H and O–H groups in total. The van der Waals surface area contributed by atoms with Crippen LogP contribution in [0, 0.1) is 12.8 Å². The highest BCUT2D eigenvalue weighted by molar-refractivity contribution is 7.09. The minimum absolute atomic E-state index is 0.0158. The molecule has 0 amide bonds. The number of aromatic nitrogens is 1. The Labute approximate surface area is 95.9 Å². The zero-order chi connectivity index (χ0) is 10.9. The number of aryl methyl sites for hydroxylation is 1. The Morgan fingerprint density at radius 3 is 3.07 bits per heavy atom. The van der Waals surface area contributed by atoms with Crippen molar-refractivity contribution in [2.45, 2.75) is 51.5 Å². The van der Waals surface area contributed by atoms with E-state index in [9.17, 15) is 0 Å². The summed E-state index contributed by atoms with van der Waals surface area (Å²) in [5.41, 5.74) is 7.60. The zero-order valence-corrected chi connectivity index (χ0v) is 10.4. The molecular weight excluding hydrogens is 204 g/mol. The molecule has 0 bridgehead atoms. The van der Waals surface area contributed by atoms with E-state index in [0.717, 1.165) is 30.9 Å². The van der Waals surface area contributed by atoms with Crippen LogP contribution in [0.2, 0.25) is 0 Å². The van der Waals surface area contributed by atoms with Crippen molar-refractivity contribution in [1.82, 2.24) is 4.98 Å². The van der Waals surface area contributed by atoms with Crippen LogP contribution in [0.1, 0.15) is 43.3 Å². The van der Waals surface area contributed by atoms with E-state index in [4.69, 9.17) is 5.73 Å². The van der Waals surface area contributed by atoms with Crippen molar-refractivity contribution in [3.63, 3.8) is 0 Å². The summed E-state index contributed by atoms with van der Waals surface area (Å²) in [6.07, 6.45) is 5.91. The van der Waals surface area contributed by atoms with E-state index in [2.05, 4.69) is 17.3 Å². The Balaban J connectivity index is 2.03. The third-order valence-corrected chi connectivity index (χ3v) is 4.26. The summed E-state index contributed by atoms with van der Waals surface area (Å²) in [4.78, 5) is 4.51. The van der Waals surface area contributed by atoms with Crippen molar-refractivity contribution in [3.05, 3.63) is 16.1 Å². The average Bonchev–Trinajstić information content (AvgIpc) is 2.49. The second-order valence-corrected chi connectivity index (χ2v) is 6.07. The van der Waals surface area contributed by atoms with Crippen LogP contribution < -0.4 is 5.73 Å². The molecule has 1 aliphatic carbocycles. The average molecular weight is 224 g/mol. The number of rotatable bonds is 2. The van der Waals surface area contributed by atoms with Gasteiger partial charge in [-0.1, -0.05) is 19.8 Å². The molecule has 15 heavy (non-hydrogen) atoms. The summed E-state index contributed by atoms with van der Waals surface area (Å²) in [7, 11) is 0. The van der Waals surface area contributed by atoms with Crippen molar-refractivity contribution < 1.29 is 0 Å². The van der Waals surface area contributed by atoms with Crippen LogP contribution in [-0.4, -0.2) is 10.5 Å². The first-order chi connectivity index (χ1) is 7.07. The van der Waals surface area contributed by atoms with Gasteiger partial charge in [-0.15, -0.1) is 11.3 Å². The number of nitrogens with zero attached hydrogens (tertiary/aromatic N) is 1. The zero-order valence-electron chi connectivity index (χ0n) is 9.62. The molecule has 1 aromatic heterocycles. The number of hydrogen-bond acceptors (Lipinski definition) is 3. The SMILES string of the molecule is Cc1csc(CC2(N)CCCC(C)C2)n1. The van der Waals surface area contributed by atoms with Crippen LogP contribution in [0.5, 0.6) is 0 Å². The Kier molecular flexibility index (Phi) is 3.12. The quantitative estimate of drug-likeness (QED) is 0.839. The molecule has 1 saturated carbocycles. The molecule has 1 aromatic rings. The van der Waals surface area contributed by atoms with Gasteiger partial charge in [-0.2, -0.15) is 0 Å². The summed E-state index contributed by atoms with van der Waals surface area (Å²) in [6.45, 7) is 4.36. The van der Waals surface area contributed by atoms with Gasteiger partial charge in [0.05, 0.1) is 5.01 Å². The topological polar surface area (TPSA) is 38.9 Å². The molecule has 1 heterocycles. The van der Waals surface area contributed by atoms with Crippen LogP contribution in [0.4, 0.5) is 0 Å². The van der Waals surface area contributed by atoms with Gasteiger partial charge in [-0.25, -0.2) is 4.98 Å². The van der Waals surface area contributed by atoms with Gasteiger partial charge in [0.15, 0.2) is 0 Å². The molecule has 0 aliphatic heterocycles. The summed E-state index contributed by atoms with van der Waals surface area (Å²) >= 11 is 1.75. The highest BCUT2D eigenvalue weighted by Crippen LogP contribution is 2.33. The van der Waals surface area contributed by atoms with E-state index in [1.807, 2.05) is 6.92 Å². The van der Waals surface area contributed by atoms with Crippen LogP contribution in [-0.2, 0) is 6.42 Å². The smallest absolute Gasteiger partial charge is 0.0946 e. The minimum Gasteiger partial charge on any atom is -0.325 e. The van der Waals surface area contributed by atoms with Crippen molar-refractivity contribution in [1.29, 1.82) is 0 Å². The first-order valence-electron chi connectivity index (χ1n) is 5.77. The molecule has 2 atom stereocenters. The molecule has 2 nitrogen and oxygen atoms in total. The van der Waals surface area contributed by atoms with Gasteiger partial charge in [-0.05, 0) is 25.7 Å².